The summed E-state index contributed by atoms with van der Waals surface area (Å²) in [7, 11) is 0. The zero-order valence-electron chi connectivity index (χ0n) is 8.19. The largest absolute Gasteiger partial charge is 0.231 e. The predicted molar refractivity (Wildman–Crippen MR) is 57.2 cm³/mol. The van der Waals surface area contributed by atoms with Gasteiger partial charge in [0.25, 0.3) is 0 Å². The molecule has 0 spiro atoms. The lowest BCUT2D eigenvalue weighted by atomic mass is 10.2. The summed E-state index contributed by atoms with van der Waals surface area (Å²) in [5, 5.41) is 10.8. The minimum atomic E-state index is 0.750. The molecule has 0 fully saturated rings. The molecule has 4 nitrogen and oxygen atoms in total. The molecule has 0 saturated heterocycles. The molecule has 1 aromatic rings. The number of hydrogen-bond acceptors (Lipinski definition) is 4. The number of benzene rings is 1. The van der Waals surface area contributed by atoms with Crippen molar-refractivity contribution in [2.24, 2.45) is 0 Å². The van der Waals surface area contributed by atoms with Gasteiger partial charge in [-0.15, -0.1) is 6.58 Å². The molecule has 0 aliphatic rings. The van der Waals surface area contributed by atoms with Crippen molar-refractivity contribution in [3.05, 3.63) is 48.6 Å². The molecule has 0 atom stereocenters. The maximum atomic E-state index is 8.35. The van der Waals surface area contributed by atoms with Crippen molar-refractivity contribution in [3.63, 3.8) is 0 Å². The Morgan fingerprint density at radius 1 is 1.13 bits per heavy atom. The van der Waals surface area contributed by atoms with Gasteiger partial charge in [-0.2, -0.15) is 0 Å². The predicted octanol–water partition coefficient (Wildman–Crippen LogP) is 2.22. The van der Waals surface area contributed by atoms with Gasteiger partial charge in [-0.3, -0.25) is 0 Å². The van der Waals surface area contributed by atoms with Crippen LogP contribution in [-0.2, 0) is 16.0 Å². The quantitative estimate of drug-likeness (QED) is 0.440. The van der Waals surface area contributed by atoms with Gasteiger partial charge >= 0.3 is 0 Å². The highest BCUT2D eigenvalue weighted by Gasteiger charge is 1.82. The molecule has 78 valence electrons. The number of carbonyl (C=O) groups excluding carboxylic acids is 2. The molecule has 0 heterocycles. The van der Waals surface area contributed by atoms with Crippen LogP contribution in [-0.4, -0.2) is 12.2 Å². The highest BCUT2D eigenvalue weighted by Crippen LogP contribution is 1.98. The molecule has 1 aromatic carbocycles. The molecule has 0 saturated carbocycles. The topological polar surface area (TPSA) is 81.8 Å². The van der Waals surface area contributed by atoms with Gasteiger partial charge < -0.3 is 0 Å². The van der Waals surface area contributed by atoms with E-state index in [0.717, 1.165) is 18.6 Å². The van der Waals surface area contributed by atoms with Crippen molar-refractivity contribution < 1.29 is 9.59 Å². The van der Waals surface area contributed by atoms with Gasteiger partial charge in [-0.1, -0.05) is 36.4 Å². The van der Waals surface area contributed by atoms with E-state index in [4.69, 9.17) is 20.4 Å². The summed E-state index contributed by atoms with van der Waals surface area (Å²) in [5.41, 5.74) is 1.33. The van der Waals surface area contributed by atoms with Crippen LogP contribution in [0.4, 0.5) is 0 Å². The number of nitrogens with one attached hydrogen (secondary N) is 2. The van der Waals surface area contributed by atoms with Gasteiger partial charge in [0.1, 0.15) is 0 Å². The van der Waals surface area contributed by atoms with Gasteiger partial charge in [-0.05, 0) is 12.0 Å². The molecule has 0 amide bonds. The third kappa shape index (κ3) is 14.6. The van der Waals surface area contributed by atoms with Crippen LogP contribution in [0.1, 0.15) is 5.56 Å². The van der Waals surface area contributed by atoms with E-state index in [1.54, 1.807) is 0 Å². The zero-order chi connectivity index (χ0) is 11.9. The second-order valence-electron chi connectivity index (χ2n) is 2.18. The van der Waals surface area contributed by atoms with Crippen molar-refractivity contribution in [2.75, 3.05) is 0 Å². The van der Waals surface area contributed by atoms with E-state index in [9.17, 15) is 0 Å². The maximum Gasteiger partial charge on any atom is 0.231 e. The number of rotatable bonds is 2. The van der Waals surface area contributed by atoms with Crippen molar-refractivity contribution >= 4 is 12.2 Å². The Labute approximate surface area is 88.3 Å². The van der Waals surface area contributed by atoms with E-state index in [2.05, 4.69) is 18.7 Å². The highest BCUT2D eigenvalue weighted by molar-refractivity contribution is 5.26. The maximum absolute atomic E-state index is 8.35. The van der Waals surface area contributed by atoms with Crippen LogP contribution in [0, 0.1) is 10.8 Å². The van der Waals surface area contributed by atoms with Crippen LogP contribution in [0.3, 0.4) is 0 Å². The summed E-state index contributed by atoms with van der Waals surface area (Å²) in [5.74, 6) is 0. The van der Waals surface area contributed by atoms with Crippen LogP contribution in [0.5, 0.6) is 0 Å². The standard InChI is InChI=1S/C9H10.2CHNO/c1-2-6-9-7-4-3-5-8-9;2*2-1-3/h2-5,7-8H,1,6H2;2*2H. The van der Waals surface area contributed by atoms with Crippen LogP contribution < -0.4 is 0 Å². The highest BCUT2D eigenvalue weighted by atomic mass is 16.1. The summed E-state index contributed by atoms with van der Waals surface area (Å²) in [6.07, 6.45) is 4.39. The van der Waals surface area contributed by atoms with E-state index < -0.39 is 0 Å². The molecule has 1 rings (SSSR count). The summed E-state index contributed by atoms with van der Waals surface area (Å²) < 4.78 is 0. The van der Waals surface area contributed by atoms with Crippen LogP contribution >= 0.6 is 0 Å². The van der Waals surface area contributed by atoms with Crippen LogP contribution in [0.15, 0.2) is 43.0 Å². The molecular formula is C11H12N2O2. The number of allylic oxidation sites excluding steroid dienone is 1. The van der Waals surface area contributed by atoms with E-state index in [1.165, 1.54) is 5.56 Å². The molecule has 0 unspecified atom stereocenters. The lowest BCUT2D eigenvalue weighted by molar-refractivity contribution is 0.562. The first-order valence-corrected chi connectivity index (χ1v) is 3.99. The van der Waals surface area contributed by atoms with Gasteiger partial charge in [0.2, 0.25) is 12.2 Å². The third-order valence-electron chi connectivity index (χ3n) is 1.22. The van der Waals surface area contributed by atoms with Crippen LogP contribution in [0.2, 0.25) is 0 Å². The van der Waals surface area contributed by atoms with E-state index >= 15 is 0 Å². The number of isocyanates is 2. The molecule has 2 N–H and O–H groups in total. The summed E-state index contributed by atoms with van der Waals surface area (Å²) >= 11 is 0. The smallest absolute Gasteiger partial charge is 0.222 e. The summed E-state index contributed by atoms with van der Waals surface area (Å²) in [6.45, 7) is 3.66. The fourth-order valence-corrected chi connectivity index (χ4v) is 0.781. The molecule has 0 radical (unpaired) electrons. The SMILES string of the molecule is C=CCc1ccccc1.N=C=O.N=C=O. The third-order valence-corrected chi connectivity index (χ3v) is 1.22. The summed E-state index contributed by atoms with van der Waals surface area (Å²) in [4.78, 5) is 16.7. The van der Waals surface area contributed by atoms with Crippen molar-refractivity contribution in [3.8, 4) is 0 Å². The fraction of sp³-hybridized carbons (Fsp3) is 0.0909. The Morgan fingerprint density at radius 2 is 1.53 bits per heavy atom. The zero-order valence-corrected chi connectivity index (χ0v) is 8.19. The lowest BCUT2D eigenvalue weighted by Crippen LogP contribution is -1.75. The van der Waals surface area contributed by atoms with Gasteiger partial charge in [-0.25, -0.2) is 20.4 Å². The minimum absolute atomic E-state index is 0.750. The Hall–Kier alpha value is -2.28. The van der Waals surface area contributed by atoms with E-state index in [-0.39, 0.29) is 0 Å². The Bertz CT molecular complexity index is 310. The molecular weight excluding hydrogens is 192 g/mol. The van der Waals surface area contributed by atoms with Gasteiger partial charge in [0, 0.05) is 0 Å². The molecule has 0 aliphatic carbocycles. The monoisotopic (exact) mass is 204 g/mol. The van der Waals surface area contributed by atoms with Crippen molar-refractivity contribution in [1.82, 2.24) is 0 Å². The van der Waals surface area contributed by atoms with Gasteiger partial charge in [0.15, 0.2) is 0 Å². The van der Waals surface area contributed by atoms with E-state index in [1.807, 2.05) is 24.3 Å². The Balaban J connectivity index is 0. The molecule has 0 bridgehead atoms. The number of hydrogen-bond donors (Lipinski definition) is 2. The van der Waals surface area contributed by atoms with Gasteiger partial charge in [0.05, 0.1) is 0 Å². The lowest BCUT2D eigenvalue weighted by Gasteiger charge is -1.91. The second-order valence-corrected chi connectivity index (χ2v) is 2.18. The first-order valence-electron chi connectivity index (χ1n) is 3.99. The molecule has 15 heavy (non-hydrogen) atoms. The summed E-state index contributed by atoms with van der Waals surface area (Å²) in [6, 6.07) is 10.3. The Morgan fingerprint density at radius 3 is 1.87 bits per heavy atom. The van der Waals surface area contributed by atoms with Crippen molar-refractivity contribution in [1.29, 1.82) is 10.8 Å². The fourth-order valence-electron chi connectivity index (χ4n) is 0.781. The molecule has 4 heteroatoms. The molecule has 0 aromatic heterocycles. The molecule has 0 aliphatic heterocycles. The Kier molecular flexibility index (Phi) is 14.4. The average Bonchev–Trinajstić information content (AvgIpc) is 2.22. The van der Waals surface area contributed by atoms with Crippen LogP contribution in [0.25, 0.3) is 0 Å². The normalized spacial score (nSPS) is 6.40. The second kappa shape index (κ2) is 14.3. The first kappa shape index (κ1) is 15.2. The van der Waals surface area contributed by atoms with Crippen molar-refractivity contribution in [2.45, 2.75) is 6.42 Å². The minimum Gasteiger partial charge on any atom is -0.222 e. The first-order chi connectivity index (χ1) is 7.26. The average molecular weight is 204 g/mol. The van der Waals surface area contributed by atoms with E-state index in [0.29, 0.717) is 0 Å².